The molecule has 2 aromatic carbocycles. The molecule has 10 atom stereocenters. The van der Waals surface area contributed by atoms with Gasteiger partial charge < -0.3 is 59.9 Å². The molecule has 8 amide bonds. The molecule has 10 rings (SSSR count). The lowest BCUT2D eigenvalue weighted by Gasteiger charge is -2.36. The Hall–Kier alpha value is -7.37. The Morgan fingerprint density at radius 2 is 1.08 bits per heavy atom. The van der Waals surface area contributed by atoms with Crippen LogP contribution in [0.25, 0.3) is 21.5 Å². The smallest absolute Gasteiger partial charge is 0.408 e. The number of nitrogens with zero attached hydrogens (tertiary/aromatic N) is 4. The van der Waals surface area contributed by atoms with Crippen molar-refractivity contribution < 1.29 is 88.4 Å². The number of hydrogen-bond acceptors (Lipinski definition) is 20. The molecule has 6 aliphatic rings. The van der Waals surface area contributed by atoms with Crippen LogP contribution in [0.3, 0.4) is 0 Å². The van der Waals surface area contributed by atoms with Crippen LogP contribution in [0.2, 0.25) is 25.7 Å². The summed E-state index contributed by atoms with van der Waals surface area (Å²) in [7, 11) is -8.84. The fraction of sp³-hybridized carbons (Fsp3) is 0.600. The molecule has 34 heteroatoms. The number of nitrogens with one attached hydrogen (secondary N) is 6. The molecule has 600 valence electrons. The third kappa shape index (κ3) is 22.3. The first-order chi connectivity index (χ1) is 50.3. The molecule has 28 nitrogen and oxygen atoms in total. The zero-order chi connectivity index (χ0) is 81.3. The fourth-order valence-electron chi connectivity index (χ4n) is 12.6. The molecule has 0 spiro atoms. The Morgan fingerprint density at radius 1 is 0.651 bits per heavy atom. The zero-order valence-corrected chi connectivity index (χ0v) is 70.6. The number of likely N-dealkylation sites (tertiary alicyclic amines) is 2. The lowest BCUT2D eigenvalue weighted by Crippen LogP contribution is -2.60. The van der Waals surface area contributed by atoms with Gasteiger partial charge in [-0.3, -0.25) is 38.2 Å². The number of fused-ring (bicyclic) bond motifs is 2. The highest BCUT2D eigenvalue weighted by molar-refractivity contribution is 9.10. The van der Waals surface area contributed by atoms with Crippen molar-refractivity contribution in [2.45, 2.75) is 236 Å². The van der Waals surface area contributed by atoms with Gasteiger partial charge in [0.25, 0.3) is 11.8 Å². The Balaban J connectivity index is 0.000000223. The maximum atomic E-state index is 14.4. The third-order valence-corrected chi connectivity index (χ3v) is 25.8. The number of carbonyl (C=O) groups excluding carboxylic acids is 8. The molecule has 6 fully saturated rings. The molecule has 4 aliphatic carbocycles. The number of β-amino-alcohol motifs (C(OH)–C–C–N with tert-alkyl or cyclic N) is 1. The van der Waals surface area contributed by atoms with Crippen LogP contribution in [0.4, 0.5) is 14.0 Å². The van der Waals surface area contributed by atoms with Crippen LogP contribution in [0.1, 0.15) is 140 Å². The van der Waals surface area contributed by atoms with Crippen molar-refractivity contribution in [3.63, 3.8) is 0 Å². The number of carbonyl (C=O) groups is 8. The number of pyridine rings is 2. The summed E-state index contributed by atoms with van der Waals surface area (Å²) in [5, 5.41) is 22.6. The number of aliphatic hydroxyl groups excluding tert-OH is 1. The number of rotatable bonds is 24. The van der Waals surface area contributed by atoms with E-state index in [2.05, 4.69) is 105 Å². The quantitative estimate of drug-likeness (QED) is 0.0113. The largest absolute Gasteiger partial charge is 0.472 e. The summed E-state index contributed by atoms with van der Waals surface area (Å²) in [6.45, 7) is 37.6. The van der Waals surface area contributed by atoms with Crippen LogP contribution >= 0.6 is 31.9 Å². The van der Waals surface area contributed by atoms with E-state index in [-0.39, 0.29) is 45.6 Å². The van der Waals surface area contributed by atoms with Crippen molar-refractivity contribution in [2.24, 2.45) is 22.7 Å². The van der Waals surface area contributed by atoms with Gasteiger partial charge in [-0.2, -0.15) is 4.39 Å². The minimum Gasteiger partial charge on any atom is -0.472 e. The fourth-order valence-corrected chi connectivity index (χ4v) is 17.0. The molecule has 2 saturated heterocycles. The van der Waals surface area contributed by atoms with Gasteiger partial charge in [0.15, 0.2) is 17.1 Å². The van der Waals surface area contributed by atoms with Gasteiger partial charge in [0.1, 0.15) is 57.2 Å². The number of hydrogen-bond donors (Lipinski definition) is 7. The minimum atomic E-state index is -3.89. The van der Waals surface area contributed by atoms with Crippen molar-refractivity contribution in [3.05, 3.63) is 94.6 Å². The van der Waals surface area contributed by atoms with E-state index in [0.717, 1.165) is 22.4 Å². The van der Waals surface area contributed by atoms with E-state index in [4.69, 9.17) is 23.7 Å². The van der Waals surface area contributed by atoms with Crippen molar-refractivity contribution >= 4 is 129 Å². The number of halogens is 3. The second-order valence-corrected chi connectivity index (χ2v) is 45.1. The summed E-state index contributed by atoms with van der Waals surface area (Å²) in [4.78, 5) is 119. The molecule has 109 heavy (non-hydrogen) atoms. The molecule has 2 aliphatic heterocycles. The molecule has 2 aromatic heterocycles. The average molecular weight is 1710 g/mol. The monoisotopic (exact) mass is 1700 g/mol. The minimum absolute atomic E-state index is 0.0270. The van der Waals surface area contributed by atoms with Crippen LogP contribution in [0, 0.1) is 35.5 Å². The molecular formula is C75H105Br2FN10O18S2Si. The highest BCUT2D eigenvalue weighted by atomic mass is 79.9. The van der Waals surface area contributed by atoms with Crippen molar-refractivity contribution in [1.29, 1.82) is 0 Å². The molecule has 7 N–H and O–H groups in total. The molecule has 0 radical (unpaired) electrons. The Morgan fingerprint density at radius 3 is 1.50 bits per heavy atom. The first-order valence-electron chi connectivity index (χ1n) is 36.3. The number of benzene rings is 2. The summed E-state index contributed by atoms with van der Waals surface area (Å²) in [6, 6.07) is 11.3. The van der Waals surface area contributed by atoms with E-state index < -0.39 is 174 Å². The summed E-state index contributed by atoms with van der Waals surface area (Å²) in [5.74, 6) is -4.90. The molecular weight excluding hydrogens is 1600 g/mol. The number of aromatic nitrogens is 2. The van der Waals surface area contributed by atoms with Gasteiger partial charge in [0.05, 0.1) is 23.1 Å². The SMILES string of the molecule is C=CC1C[C@]1(NC(=O)[C@@H]1C[C@@H](O)CN1C(=O)[C@@H](NC(=O)OC(C)(C)C)C(C)(C)C)C(=O)NS(=O)(=O)C1CC1.C=CC1C[C@]1(NC(=O)[C@@H]1C[C@@H](Oc2nc(Br)c(C)c3ccccc23)CN1C(=O)[C@@H](NC(=O)OC(C)(C)C)C(C)(C)C)C(=O)NS(=O)(=O)C1CC1.C[Si](C)(C)CCOCOc1c(Br)nc(F)c2ccccc12. The summed E-state index contributed by atoms with van der Waals surface area (Å²) in [6.07, 6.45) is 1.75. The lowest BCUT2D eigenvalue weighted by molar-refractivity contribution is -0.143. The van der Waals surface area contributed by atoms with Gasteiger partial charge in [0, 0.05) is 62.1 Å². The van der Waals surface area contributed by atoms with Gasteiger partial charge in [-0.05, 0) is 159 Å². The van der Waals surface area contributed by atoms with Crippen molar-refractivity contribution in [2.75, 3.05) is 26.5 Å². The topological polar surface area (TPSA) is 376 Å². The number of alkyl carbamates (subject to hydrolysis) is 2. The Bertz CT molecular complexity index is 4400. The first-order valence-corrected chi connectivity index (χ1v) is 44.7. The van der Waals surface area contributed by atoms with E-state index in [1.807, 2.05) is 43.3 Å². The summed E-state index contributed by atoms with van der Waals surface area (Å²) < 4.78 is 97.3. The Kier molecular flexibility index (Phi) is 26.8. The summed E-state index contributed by atoms with van der Waals surface area (Å²) in [5.41, 5.74) is -5.34. The maximum Gasteiger partial charge on any atom is 0.408 e. The lowest BCUT2D eigenvalue weighted by atomic mass is 9.85. The second-order valence-electron chi connectivity index (χ2n) is 34.1. The number of ether oxygens (including phenoxy) is 5. The molecule has 2 unspecified atom stereocenters. The summed E-state index contributed by atoms with van der Waals surface area (Å²) >= 11 is 6.75. The van der Waals surface area contributed by atoms with E-state index in [1.54, 1.807) is 95.2 Å². The van der Waals surface area contributed by atoms with Gasteiger partial charge in [-0.25, -0.2) is 36.4 Å². The van der Waals surface area contributed by atoms with E-state index in [0.29, 0.717) is 63.9 Å². The predicted octanol–water partition coefficient (Wildman–Crippen LogP) is 9.65. The van der Waals surface area contributed by atoms with E-state index in [9.17, 15) is 64.7 Å². The van der Waals surface area contributed by atoms with Gasteiger partial charge in [-0.15, -0.1) is 13.2 Å². The van der Waals surface area contributed by atoms with E-state index in [1.165, 1.54) is 22.0 Å². The van der Waals surface area contributed by atoms with E-state index >= 15 is 0 Å². The highest BCUT2D eigenvalue weighted by Crippen LogP contribution is 2.47. The van der Waals surface area contributed by atoms with Crippen LogP contribution < -0.4 is 40.2 Å². The first kappa shape index (κ1) is 87.2. The van der Waals surface area contributed by atoms with Gasteiger partial charge in [-0.1, -0.05) is 110 Å². The molecule has 4 aromatic rings. The zero-order valence-electron chi connectivity index (χ0n) is 64.8. The Labute approximate surface area is 655 Å². The predicted molar refractivity (Wildman–Crippen MR) is 418 cm³/mol. The molecule has 0 bridgehead atoms. The normalized spacial score (nSPS) is 23.2. The molecule has 4 heterocycles. The number of aryl methyl sites for hydroxylation is 1. The van der Waals surface area contributed by atoms with Crippen LogP contribution in [-0.2, 0) is 63.0 Å². The molecule has 4 saturated carbocycles. The van der Waals surface area contributed by atoms with Crippen molar-refractivity contribution in [1.82, 2.24) is 50.5 Å². The number of amides is 8. The average Bonchev–Trinajstić information content (AvgIpc) is 1.58. The van der Waals surface area contributed by atoms with Crippen LogP contribution in [0.5, 0.6) is 11.6 Å². The number of sulfonamides is 2. The highest BCUT2D eigenvalue weighted by Gasteiger charge is 2.64. The second kappa shape index (κ2) is 33.5. The maximum absolute atomic E-state index is 14.4. The van der Waals surface area contributed by atoms with Crippen molar-refractivity contribution in [3.8, 4) is 11.6 Å². The number of aliphatic hydroxyl groups is 1. The van der Waals surface area contributed by atoms with Crippen LogP contribution in [0.15, 0.2) is 83.0 Å². The van der Waals surface area contributed by atoms with Crippen LogP contribution in [-0.4, -0.2) is 193 Å². The van der Waals surface area contributed by atoms with Gasteiger partial charge in [0.2, 0.25) is 55.5 Å². The van der Waals surface area contributed by atoms with Gasteiger partial charge >= 0.3 is 12.2 Å². The standard InChI is InChI=1S/C35H46BrN5O8S.C25H40N4O8S.C15H19BrFNO2Si/c1-9-20-17-35(20,31(44)40-50(46,47)22-14-15-22)39-28(42)25-16-21(48-29-24-13-11-10-12-23(24)19(2)27(36)38-29)18-41(25)30(43)26(33(3,4)5)37-32(45)49-34(6,7)8;1-8-14-12-25(14,21(33)28-38(35,36)16-9-10-16)27-19(31)17-11-15(30)13-29(17)20(32)18(23(2,3)4)26-22(34)37-24(5,6)7;1-21(2,3)9-8-19-10-20-13-11-6-4-5-7-12(11)15(17)18-14(13)16/h9-13,20-22,25-26H,1,14-18H2,2-8H3,(H,37,45)(H,39,42)(H,40,44);8,14-18,30H,1,9-13H2,2-7H3,(H,26,34)(H,27,31)(H,28,33);4-7H,8-10H2,1-3H3/t20?,21-,25+,26-,35-;14?,15-,17+,18-,25-;/m11./s1. The third-order valence-electron chi connectivity index (χ3n) is 19.2.